The van der Waals surface area contributed by atoms with E-state index in [0.29, 0.717) is 5.56 Å². The van der Waals surface area contributed by atoms with E-state index in [2.05, 4.69) is 10.6 Å². The highest BCUT2D eigenvalue weighted by Crippen LogP contribution is 2.09. The number of hydrogen-bond acceptors (Lipinski definition) is 3. The van der Waals surface area contributed by atoms with Crippen molar-refractivity contribution in [2.24, 2.45) is 0 Å². The number of amides is 2. The number of rotatable bonds is 6. The van der Waals surface area contributed by atoms with Crippen LogP contribution in [0.1, 0.15) is 18.9 Å². The Hall–Kier alpha value is -2.22. The van der Waals surface area contributed by atoms with E-state index in [1.54, 1.807) is 0 Å². The summed E-state index contributed by atoms with van der Waals surface area (Å²) >= 11 is 0. The number of carbonyl (C=O) groups excluding carboxylic acids is 1. The van der Waals surface area contributed by atoms with Crippen LogP contribution in [-0.2, 0) is 11.3 Å². The predicted octanol–water partition coefficient (Wildman–Crippen LogP) is 0.990. The summed E-state index contributed by atoms with van der Waals surface area (Å²) in [6.07, 6.45) is -0.517. The van der Waals surface area contributed by atoms with E-state index in [1.165, 1.54) is 13.0 Å². The summed E-state index contributed by atoms with van der Waals surface area (Å²) in [5, 5.41) is 22.9. The molecule has 0 heterocycles. The summed E-state index contributed by atoms with van der Waals surface area (Å²) in [4.78, 5) is 21.9. The Labute approximate surface area is 119 Å². The molecule has 4 N–H and O–H groups in total. The number of benzene rings is 1. The minimum Gasteiger partial charge on any atom is -0.481 e. The van der Waals surface area contributed by atoms with Crippen molar-refractivity contribution < 1.29 is 28.6 Å². The van der Waals surface area contributed by atoms with Crippen LogP contribution < -0.4 is 10.6 Å². The van der Waals surface area contributed by atoms with Gasteiger partial charge >= 0.3 is 12.0 Å². The molecule has 116 valence electrons. The van der Waals surface area contributed by atoms with Gasteiger partial charge in [-0.15, -0.1) is 0 Å². The molecule has 2 amide bonds. The second kappa shape index (κ2) is 6.98. The topological polar surface area (TPSA) is 98.7 Å². The molecule has 0 radical (unpaired) electrons. The fraction of sp³-hybridized carbons (Fsp3) is 0.385. The van der Waals surface area contributed by atoms with Gasteiger partial charge in [-0.3, -0.25) is 4.79 Å². The van der Waals surface area contributed by atoms with Gasteiger partial charge in [0.25, 0.3) is 0 Å². The number of carbonyl (C=O) groups is 2. The molecule has 0 saturated carbocycles. The molecule has 0 saturated heterocycles. The second-order valence-corrected chi connectivity index (χ2v) is 4.85. The molecule has 8 heteroatoms. The zero-order valence-electron chi connectivity index (χ0n) is 11.3. The van der Waals surface area contributed by atoms with Crippen molar-refractivity contribution in [3.63, 3.8) is 0 Å². The van der Waals surface area contributed by atoms with Crippen LogP contribution in [0.4, 0.5) is 13.6 Å². The average Bonchev–Trinajstić information content (AvgIpc) is 2.36. The minimum absolute atomic E-state index is 0.0376. The largest absolute Gasteiger partial charge is 0.481 e. The molecule has 21 heavy (non-hydrogen) atoms. The monoisotopic (exact) mass is 302 g/mol. The molecule has 0 bridgehead atoms. The molecule has 0 spiro atoms. The van der Waals surface area contributed by atoms with Gasteiger partial charge in [-0.1, -0.05) is 6.07 Å². The fourth-order valence-electron chi connectivity index (χ4n) is 1.55. The number of nitrogens with one attached hydrogen (secondary N) is 2. The number of hydrogen-bond donors (Lipinski definition) is 4. The highest BCUT2D eigenvalue weighted by molar-refractivity contribution is 5.74. The Morgan fingerprint density at radius 3 is 2.48 bits per heavy atom. The molecule has 1 unspecified atom stereocenters. The molecule has 0 aliphatic heterocycles. The van der Waals surface area contributed by atoms with E-state index in [-0.39, 0.29) is 13.1 Å². The van der Waals surface area contributed by atoms with Gasteiger partial charge in [0.2, 0.25) is 0 Å². The molecule has 1 atom stereocenters. The third-order valence-corrected chi connectivity index (χ3v) is 2.60. The lowest BCUT2D eigenvalue weighted by molar-refractivity contribution is -0.141. The lowest BCUT2D eigenvalue weighted by Gasteiger charge is -2.21. The Morgan fingerprint density at radius 2 is 1.90 bits per heavy atom. The van der Waals surface area contributed by atoms with Crippen LogP contribution in [0.2, 0.25) is 0 Å². The van der Waals surface area contributed by atoms with Crippen molar-refractivity contribution in [3.05, 3.63) is 35.4 Å². The van der Waals surface area contributed by atoms with Crippen molar-refractivity contribution in [2.45, 2.75) is 25.5 Å². The Morgan fingerprint density at radius 1 is 1.24 bits per heavy atom. The molecule has 0 aromatic heterocycles. The molecule has 1 aromatic rings. The standard InChI is InChI=1S/C13H16F2N2O4/c1-13(21,5-11(18)19)7-17-12(20)16-6-8-2-3-9(14)10(15)4-8/h2-4,21H,5-7H2,1H3,(H,18,19)(H2,16,17,20). The normalized spacial score (nSPS) is 13.3. The number of aliphatic carboxylic acids is 1. The average molecular weight is 302 g/mol. The molecule has 0 aliphatic carbocycles. The van der Waals surface area contributed by atoms with Gasteiger partial charge in [0, 0.05) is 13.1 Å². The van der Waals surface area contributed by atoms with E-state index in [9.17, 15) is 23.5 Å². The first-order valence-electron chi connectivity index (χ1n) is 6.09. The van der Waals surface area contributed by atoms with Gasteiger partial charge in [-0.25, -0.2) is 13.6 Å². The first-order chi connectivity index (χ1) is 9.69. The van der Waals surface area contributed by atoms with Gasteiger partial charge < -0.3 is 20.8 Å². The Kier molecular flexibility index (Phi) is 5.60. The zero-order chi connectivity index (χ0) is 16.0. The first kappa shape index (κ1) is 16.8. The Bertz CT molecular complexity index is 535. The summed E-state index contributed by atoms with van der Waals surface area (Å²) < 4.78 is 25.6. The van der Waals surface area contributed by atoms with E-state index >= 15 is 0 Å². The lowest BCUT2D eigenvalue weighted by atomic mass is 10.0. The summed E-state index contributed by atoms with van der Waals surface area (Å²) in [5.74, 6) is -3.18. The van der Waals surface area contributed by atoms with E-state index in [4.69, 9.17) is 5.11 Å². The zero-order valence-corrected chi connectivity index (χ0v) is 11.3. The molecule has 1 rings (SSSR count). The SMILES string of the molecule is CC(O)(CNC(=O)NCc1ccc(F)c(F)c1)CC(=O)O. The summed E-state index contributed by atoms with van der Waals surface area (Å²) in [5.41, 5.74) is -1.22. The van der Waals surface area contributed by atoms with Crippen molar-refractivity contribution in [3.8, 4) is 0 Å². The third-order valence-electron chi connectivity index (χ3n) is 2.60. The van der Waals surface area contributed by atoms with E-state index < -0.39 is 35.7 Å². The maximum Gasteiger partial charge on any atom is 0.315 e. The molecule has 0 aliphatic rings. The van der Waals surface area contributed by atoms with Crippen molar-refractivity contribution >= 4 is 12.0 Å². The van der Waals surface area contributed by atoms with Crippen molar-refractivity contribution in [2.75, 3.05) is 6.54 Å². The van der Waals surface area contributed by atoms with Gasteiger partial charge in [0.1, 0.15) is 0 Å². The minimum atomic E-state index is -1.58. The highest BCUT2D eigenvalue weighted by Gasteiger charge is 2.24. The van der Waals surface area contributed by atoms with Gasteiger partial charge in [-0.05, 0) is 24.6 Å². The van der Waals surface area contributed by atoms with Crippen LogP contribution in [0.25, 0.3) is 0 Å². The first-order valence-corrected chi connectivity index (χ1v) is 6.09. The number of aliphatic hydroxyl groups is 1. The van der Waals surface area contributed by atoms with Crippen LogP contribution in [0.3, 0.4) is 0 Å². The van der Waals surface area contributed by atoms with Gasteiger partial charge in [0.05, 0.1) is 12.0 Å². The number of carboxylic acids is 1. The maximum atomic E-state index is 12.9. The number of urea groups is 1. The highest BCUT2D eigenvalue weighted by atomic mass is 19.2. The number of carboxylic acid groups (broad SMARTS) is 1. The molecular formula is C13H16F2N2O4. The maximum absolute atomic E-state index is 12.9. The van der Waals surface area contributed by atoms with Crippen LogP contribution in [0.5, 0.6) is 0 Å². The smallest absolute Gasteiger partial charge is 0.315 e. The molecule has 6 nitrogen and oxygen atoms in total. The van der Waals surface area contributed by atoms with Crippen LogP contribution in [0.15, 0.2) is 18.2 Å². The van der Waals surface area contributed by atoms with E-state index in [1.807, 2.05) is 0 Å². The van der Waals surface area contributed by atoms with Crippen LogP contribution >= 0.6 is 0 Å². The van der Waals surface area contributed by atoms with Gasteiger partial charge in [-0.2, -0.15) is 0 Å². The molecular weight excluding hydrogens is 286 g/mol. The predicted molar refractivity (Wildman–Crippen MR) is 69.5 cm³/mol. The number of halogens is 2. The quantitative estimate of drug-likeness (QED) is 0.630. The summed E-state index contributed by atoms with van der Waals surface area (Å²) in [6, 6.07) is 2.56. The van der Waals surface area contributed by atoms with Crippen LogP contribution in [-0.4, -0.2) is 34.4 Å². The second-order valence-electron chi connectivity index (χ2n) is 4.85. The fourth-order valence-corrected chi connectivity index (χ4v) is 1.55. The molecule has 1 aromatic carbocycles. The van der Waals surface area contributed by atoms with E-state index in [0.717, 1.165) is 12.1 Å². The lowest BCUT2D eigenvalue weighted by Crippen LogP contribution is -2.45. The van der Waals surface area contributed by atoms with Crippen molar-refractivity contribution in [1.29, 1.82) is 0 Å². The van der Waals surface area contributed by atoms with Crippen molar-refractivity contribution in [1.82, 2.24) is 10.6 Å². The third kappa shape index (κ3) is 6.17. The Balaban J connectivity index is 2.40. The van der Waals surface area contributed by atoms with Gasteiger partial charge in [0.15, 0.2) is 11.6 Å². The summed E-state index contributed by atoms with van der Waals surface area (Å²) in [6.45, 7) is 0.976. The van der Waals surface area contributed by atoms with Crippen LogP contribution in [0, 0.1) is 11.6 Å². The summed E-state index contributed by atoms with van der Waals surface area (Å²) in [7, 11) is 0. The molecule has 0 fully saturated rings.